The van der Waals surface area contributed by atoms with E-state index >= 15 is 0 Å². The van der Waals surface area contributed by atoms with Gasteiger partial charge in [-0.15, -0.1) is 0 Å². The molecular formula is C25H27O4P. The van der Waals surface area contributed by atoms with Gasteiger partial charge in [0.2, 0.25) is 0 Å². The van der Waals surface area contributed by atoms with Crippen molar-refractivity contribution in [2.45, 2.75) is 13.8 Å². The van der Waals surface area contributed by atoms with Crippen LogP contribution in [-0.4, -0.2) is 19.2 Å². The molecule has 3 aromatic rings. The molecule has 0 fully saturated rings. The Balaban J connectivity index is 1.64. The Morgan fingerprint density at radius 2 is 1.17 bits per heavy atom. The molecule has 0 amide bonds. The molecule has 0 heterocycles. The van der Waals surface area contributed by atoms with E-state index in [0.29, 0.717) is 22.8 Å². The van der Waals surface area contributed by atoms with E-state index in [9.17, 15) is 9.36 Å². The summed E-state index contributed by atoms with van der Waals surface area (Å²) in [6.45, 7) is 4.59. The predicted octanol–water partition coefficient (Wildman–Crippen LogP) is 5.06. The van der Waals surface area contributed by atoms with Crippen molar-refractivity contribution in [2.24, 2.45) is 11.8 Å². The van der Waals surface area contributed by atoms with E-state index in [-0.39, 0.29) is 24.4 Å². The first-order valence-corrected chi connectivity index (χ1v) is 11.7. The Morgan fingerprint density at radius 3 is 1.67 bits per heavy atom. The summed E-state index contributed by atoms with van der Waals surface area (Å²) >= 11 is 0. The predicted molar refractivity (Wildman–Crippen MR) is 121 cm³/mol. The number of benzene rings is 3. The SMILES string of the molecule is CC(COC(=O)c1ccccc1)C(C)COP(=O)(c1ccccc1)c1ccccc1. The molecule has 3 rings (SSSR count). The number of carbonyl (C=O) groups excluding carboxylic acids is 1. The van der Waals surface area contributed by atoms with Crippen LogP contribution in [0.15, 0.2) is 91.0 Å². The van der Waals surface area contributed by atoms with Crippen LogP contribution >= 0.6 is 7.37 Å². The molecule has 0 radical (unpaired) electrons. The zero-order valence-electron chi connectivity index (χ0n) is 17.3. The monoisotopic (exact) mass is 422 g/mol. The van der Waals surface area contributed by atoms with Crippen molar-refractivity contribution in [3.05, 3.63) is 96.6 Å². The average Bonchev–Trinajstić information content (AvgIpc) is 2.82. The molecule has 0 saturated carbocycles. The van der Waals surface area contributed by atoms with E-state index in [4.69, 9.17) is 9.26 Å². The maximum Gasteiger partial charge on any atom is 0.338 e. The number of hydrogen-bond acceptors (Lipinski definition) is 4. The lowest BCUT2D eigenvalue weighted by atomic mass is 9.98. The van der Waals surface area contributed by atoms with Gasteiger partial charge in [-0.1, -0.05) is 68.4 Å². The highest BCUT2D eigenvalue weighted by molar-refractivity contribution is 7.74. The van der Waals surface area contributed by atoms with Crippen molar-refractivity contribution in [3.8, 4) is 0 Å². The van der Waals surface area contributed by atoms with Crippen molar-refractivity contribution in [1.82, 2.24) is 0 Å². The summed E-state index contributed by atoms with van der Waals surface area (Å²) in [5.41, 5.74) is 0.534. The molecule has 5 heteroatoms. The van der Waals surface area contributed by atoms with E-state index in [1.807, 2.05) is 80.6 Å². The van der Waals surface area contributed by atoms with E-state index in [2.05, 4.69) is 0 Å². The van der Waals surface area contributed by atoms with Crippen LogP contribution in [0.4, 0.5) is 0 Å². The lowest BCUT2D eigenvalue weighted by Crippen LogP contribution is -2.24. The minimum absolute atomic E-state index is 0.0503. The summed E-state index contributed by atoms with van der Waals surface area (Å²) in [4.78, 5) is 12.2. The smallest absolute Gasteiger partial charge is 0.338 e. The highest BCUT2D eigenvalue weighted by Crippen LogP contribution is 2.45. The lowest BCUT2D eigenvalue weighted by Gasteiger charge is -2.24. The average molecular weight is 422 g/mol. The molecule has 0 aromatic heterocycles. The zero-order valence-corrected chi connectivity index (χ0v) is 18.2. The molecule has 0 saturated heterocycles. The van der Waals surface area contributed by atoms with Gasteiger partial charge in [0.1, 0.15) is 0 Å². The first kappa shape index (κ1) is 22.0. The normalized spacial score (nSPS) is 13.4. The first-order valence-electron chi connectivity index (χ1n) is 10.1. The summed E-state index contributed by atoms with van der Waals surface area (Å²) < 4.78 is 25.4. The molecule has 0 aliphatic rings. The van der Waals surface area contributed by atoms with Crippen molar-refractivity contribution in [3.63, 3.8) is 0 Å². The summed E-state index contributed by atoms with van der Waals surface area (Å²) in [6, 6.07) is 27.5. The zero-order chi connectivity index (χ0) is 21.4. The minimum Gasteiger partial charge on any atom is -0.462 e. The van der Waals surface area contributed by atoms with Gasteiger partial charge in [-0.05, 0) is 48.2 Å². The Kier molecular flexibility index (Phi) is 7.62. The van der Waals surface area contributed by atoms with E-state index in [0.717, 1.165) is 0 Å². The van der Waals surface area contributed by atoms with Crippen LogP contribution in [-0.2, 0) is 13.8 Å². The van der Waals surface area contributed by atoms with Crippen LogP contribution in [0.25, 0.3) is 0 Å². The van der Waals surface area contributed by atoms with Crippen molar-refractivity contribution >= 4 is 23.9 Å². The molecule has 0 bridgehead atoms. The molecule has 0 spiro atoms. The molecule has 0 N–H and O–H groups in total. The quantitative estimate of drug-likeness (QED) is 0.357. The van der Waals surface area contributed by atoms with Crippen LogP contribution < -0.4 is 10.6 Å². The second kappa shape index (κ2) is 10.4. The molecule has 2 unspecified atom stereocenters. The third kappa shape index (κ3) is 5.47. The van der Waals surface area contributed by atoms with Crippen LogP contribution in [0.2, 0.25) is 0 Å². The summed E-state index contributed by atoms with van der Waals surface area (Å²) in [5.74, 6) is -0.234. The largest absolute Gasteiger partial charge is 0.462 e. The molecule has 0 aliphatic carbocycles. The van der Waals surface area contributed by atoms with Gasteiger partial charge in [0, 0.05) is 10.6 Å². The molecule has 30 heavy (non-hydrogen) atoms. The van der Waals surface area contributed by atoms with Gasteiger partial charge >= 0.3 is 5.97 Å². The number of ether oxygens (including phenoxy) is 1. The molecule has 3 aromatic carbocycles. The van der Waals surface area contributed by atoms with Gasteiger partial charge < -0.3 is 9.26 Å². The van der Waals surface area contributed by atoms with Gasteiger partial charge in [-0.3, -0.25) is 4.57 Å². The summed E-state index contributed by atoms with van der Waals surface area (Å²) in [7, 11) is -3.21. The van der Waals surface area contributed by atoms with Crippen LogP contribution in [0.3, 0.4) is 0 Å². The van der Waals surface area contributed by atoms with E-state index in [1.165, 1.54) is 0 Å². The van der Waals surface area contributed by atoms with Gasteiger partial charge in [0.15, 0.2) is 0 Å². The molecule has 0 aliphatic heterocycles. The van der Waals surface area contributed by atoms with Crippen LogP contribution in [0, 0.1) is 11.8 Å². The third-order valence-electron chi connectivity index (χ3n) is 5.17. The first-order chi connectivity index (χ1) is 14.5. The number of carbonyl (C=O) groups is 1. The molecular weight excluding hydrogens is 395 g/mol. The third-order valence-corrected chi connectivity index (χ3v) is 7.64. The number of esters is 1. The Hall–Kier alpha value is -2.68. The Bertz CT molecular complexity index is 930. The minimum atomic E-state index is -3.21. The van der Waals surface area contributed by atoms with Crippen LogP contribution in [0.1, 0.15) is 24.2 Å². The highest BCUT2D eigenvalue weighted by atomic mass is 31.2. The Morgan fingerprint density at radius 1 is 0.733 bits per heavy atom. The maximum atomic E-state index is 13.9. The topological polar surface area (TPSA) is 52.6 Å². The fourth-order valence-corrected chi connectivity index (χ4v) is 5.13. The van der Waals surface area contributed by atoms with Gasteiger partial charge in [0.25, 0.3) is 7.37 Å². The number of rotatable bonds is 9. The summed E-state index contributed by atoms with van der Waals surface area (Å²) in [5, 5.41) is 1.35. The Labute approximate surface area is 178 Å². The number of hydrogen-bond donors (Lipinski definition) is 0. The second-order valence-electron chi connectivity index (χ2n) is 7.44. The van der Waals surface area contributed by atoms with Crippen molar-refractivity contribution in [1.29, 1.82) is 0 Å². The van der Waals surface area contributed by atoms with Gasteiger partial charge in [-0.2, -0.15) is 0 Å². The van der Waals surface area contributed by atoms with Crippen molar-refractivity contribution in [2.75, 3.05) is 13.2 Å². The van der Waals surface area contributed by atoms with Gasteiger partial charge in [0.05, 0.1) is 18.8 Å². The molecule has 4 nitrogen and oxygen atoms in total. The van der Waals surface area contributed by atoms with Gasteiger partial charge in [-0.25, -0.2) is 4.79 Å². The van der Waals surface area contributed by atoms with Crippen LogP contribution in [0.5, 0.6) is 0 Å². The second-order valence-corrected chi connectivity index (χ2v) is 9.83. The highest BCUT2D eigenvalue weighted by Gasteiger charge is 2.30. The van der Waals surface area contributed by atoms with Crippen molar-refractivity contribution < 1.29 is 18.6 Å². The van der Waals surface area contributed by atoms with E-state index in [1.54, 1.807) is 24.3 Å². The summed E-state index contributed by atoms with van der Waals surface area (Å²) in [6.07, 6.45) is 0. The fourth-order valence-electron chi connectivity index (χ4n) is 2.96. The van der Waals surface area contributed by atoms with E-state index < -0.39 is 7.37 Å². The molecule has 2 atom stereocenters. The standard InChI is InChI=1S/C25H27O4P/c1-20(18-28-25(26)22-12-6-3-7-13-22)21(2)19-29-30(27,23-14-8-4-9-15-23)24-16-10-5-11-17-24/h3-17,20-21H,18-19H2,1-2H3. The lowest BCUT2D eigenvalue weighted by molar-refractivity contribution is 0.0390. The fraction of sp³-hybridized carbons (Fsp3) is 0.240. The molecule has 156 valence electrons. The maximum absolute atomic E-state index is 13.9.